The van der Waals surface area contributed by atoms with Crippen LogP contribution in [0.4, 0.5) is 11.4 Å². The van der Waals surface area contributed by atoms with E-state index in [-0.39, 0.29) is 24.2 Å². The SMILES string of the molecule is CC(CO)NC(=O)c1ccc(NCc2ccccc2[N+](=O)[O-])cc1. The molecule has 2 aromatic carbocycles. The number of para-hydroxylation sites is 1. The predicted octanol–water partition coefficient (Wildman–Crippen LogP) is 2.32. The van der Waals surface area contributed by atoms with Crippen molar-refractivity contribution in [1.82, 2.24) is 5.32 Å². The van der Waals surface area contributed by atoms with Crippen LogP contribution in [-0.2, 0) is 6.54 Å². The minimum absolute atomic E-state index is 0.0685. The molecule has 0 spiro atoms. The number of nitro groups is 1. The molecule has 1 atom stereocenters. The molecule has 0 bridgehead atoms. The minimum Gasteiger partial charge on any atom is -0.394 e. The number of nitro benzene ring substituents is 1. The second-order valence-corrected chi connectivity index (χ2v) is 5.37. The lowest BCUT2D eigenvalue weighted by atomic mass is 10.1. The fourth-order valence-corrected chi connectivity index (χ4v) is 2.13. The average molecular weight is 329 g/mol. The Bertz CT molecular complexity index is 716. The molecular weight excluding hydrogens is 310 g/mol. The molecule has 1 amide bonds. The fourth-order valence-electron chi connectivity index (χ4n) is 2.13. The van der Waals surface area contributed by atoms with E-state index in [1.165, 1.54) is 6.07 Å². The molecule has 1 unspecified atom stereocenters. The smallest absolute Gasteiger partial charge is 0.274 e. The Morgan fingerprint density at radius 3 is 2.50 bits per heavy atom. The maximum absolute atomic E-state index is 11.9. The highest BCUT2D eigenvalue weighted by Crippen LogP contribution is 2.19. The maximum Gasteiger partial charge on any atom is 0.274 e. The van der Waals surface area contributed by atoms with E-state index in [9.17, 15) is 14.9 Å². The summed E-state index contributed by atoms with van der Waals surface area (Å²) in [4.78, 5) is 22.5. The molecule has 0 aliphatic rings. The van der Waals surface area contributed by atoms with Crippen molar-refractivity contribution in [2.45, 2.75) is 19.5 Å². The lowest BCUT2D eigenvalue weighted by Crippen LogP contribution is -2.34. The van der Waals surface area contributed by atoms with Gasteiger partial charge in [-0.1, -0.05) is 18.2 Å². The number of aliphatic hydroxyl groups is 1. The van der Waals surface area contributed by atoms with Crippen LogP contribution in [0, 0.1) is 10.1 Å². The van der Waals surface area contributed by atoms with Crippen LogP contribution in [0.25, 0.3) is 0 Å². The van der Waals surface area contributed by atoms with Gasteiger partial charge in [0.15, 0.2) is 0 Å². The summed E-state index contributed by atoms with van der Waals surface area (Å²) in [5.74, 6) is -0.262. The van der Waals surface area contributed by atoms with Gasteiger partial charge in [-0.2, -0.15) is 0 Å². The first-order chi connectivity index (χ1) is 11.5. The van der Waals surface area contributed by atoms with Gasteiger partial charge in [-0.3, -0.25) is 14.9 Å². The first-order valence-corrected chi connectivity index (χ1v) is 7.49. The Kier molecular flexibility index (Phi) is 5.86. The topological polar surface area (TPSA) is 104 Å². The van der Waals surface area contributed by atoms with Crippen LogP contribution in [0.3, 0.4) is 0 Å². The van der Waals surface area contributed by atoms with Gasteiger partial charge < -0.3 is 15.7 Å². The van der Waals surface area contributed by atoms with Gasteiger partial charge in [0.25, 0.3) is 11.6 Å². The molecule has 0 fully saturated rings. The van der Waals surface area contributed by atoms with E-state index < -0.39 is 4.92 Å². The molecule has 0 aliphatic heterocycles. The van der Waals surface area contributed by atoms with Crippen molar-refractivity contribution < 1.29 is 14.8 Å². The third-order valence-electron chi connectivity index (χ3n) is 3.47. The standard InChI is InChI=1S/C17H19N3O4/c1-12(11-21)19-17(22)13-6-8-15(9-7-13)18-10-14-4-2-3-5-16(14)20(23)24/h2-9,12,18,21H,10-11H2,1H3,(H,19,22). The Morgan fingerprint density at radius 1 is 1.21 bits per heavy atom. The highest BCUT2D eigenvalue weighted by Gasteiger charge is 2.12. The summed E-state index contributed by atoms with van der Waals surface area (Å²) in [5.41, 5.74) is 1.88. The van der Waals surface area contributed by atoms with Crippen LogP contribution in [-0.4, -0.2) is 28.6 Å². The van der Waals surface area contributed by atoms with E-state index >= 15 is 0 Å². The monoisotopic (exact) mass is 329 g/mol. The molecule has 3 N–H and O–H groups in total. The van der Waals surface area contributed by atoms with Gasteiger partial charge >= 0.3 is 0 Å². The second kappa shape index (κ2) is 8.07. The number of nitrogens with zero attached hydrogens (tertiary/aromatic N) is 1. The van der Waals surface area contributed by atoms with Gasteiger partial charge in [-0.25, -0.2) is 0 Å². The molecule has 0 radical (unpaired) electrons. The first-order valence-electron chi connectivity index (χ1n) is 7.49. The van der Waals surface area contributed by atoms with Crippen molar-refractivity contribution in [2.24, 2.45) is 0 Å². The van der Waals surface area contributed by atoms with E-state index in [0.29, 0.717) is 17.7 Å². The van der Waals surface area contributed by atoms with Crippen LogP contribution in [0.15, 0.2) is 48.5 Å². The van der Waals surface area contributed by atoms with Crippen LogP contribution >= 0.6 is 0 Å². The summed E-state index contributed by atoms with van der Waals surface area (Å²) in [5, 5.41) is 25.7. The highest BCUT2D eigenvalue weighted by molar-refractivity contribution is 5.94. The number of nitrogens with one attached hydrogen (secondary N) is 2. The highest BCUT2D eigenvalue weighted by atomic mass is 16.6. The number of benzene rings is 2. The molecule has 7 nitrogen and oxygen atoms in total. The zero-order valence-electron chi connectivity index (χ0n) is 13.2. The molecule has 0 heterocycles. The van der Waals surface area contributed by atoms with Crippen LogP contribution in [0.2, 0.25) is 0 Å². The van der Waals surface area contributed by atoms with Crippen molar-refractivity contribution in [1.29, 1.82) is 0 Å². The van der Waals surface area contributed by atoms with Gasteiger partial charge in [0.05, 0.1) is 11.5 Å². The van der Waals surface area contributed by atoms with E-state index in [4.69, 9.17) is 5.11 Å². The number of carbonyl (C=O) groups is 1. The van der Waals surface area contributed by atoms with Crippen molar-refractivity contribution in [2.75, 3.05) is 11.9 Å². The van der Waals surface area contributed by atoms with E-state index in [2.05, 4.69) is 10.6 Å². The fraction of sp³-hybridized carbons (Fsp3) is 0.235. The molecule has 0 saturated heterocycles. The third kappa shape index (κ3) is 4.53. The number of rotatable bonds is 7. The number of amides is 1. The number of carbonyl (C=O) groups excluding carboxylic acids is 1. The normalized spacial score (nSPS) is 11.6. The van der Waals surface area contributed by atoms with Crippen molar-refractivity contribution >= 4 is 17.3 Å². The van der Waals surface area contributed by atoms with Gasteiger partial charge in [-0.15, -0.1) is 0 Å². The third-order valence-corrected chi connectivity index (χ3v) is 3.47. The summed E-state index contributed by atoms with van der Waals surface area (Å²) in [6, 6.07) is 13.0. The molecule has 0 aromatic heterocycles. The Morgan fingerprint density at radius 2 is 1.88 bits per heavy atom. The summed E-state index contributed by atoms with van der Waals surface area (Å²) in [7, 11) is 0. The first kappa shape index (κ1) is 17.4. The lowest BCUT2D eigenvalue weighted by Gasteiger charge is -2.11. The second-order valence-electron chi connectivity index (χ2n) is 5.37. The molecule has 126 valence electrons. The zero-order valence-corrected chi connectivity index (χ0v) is 13.2. The zero-order chi connectivity index (χ0) is 17.5. The van der Waals surface area contributed by atoms with E-state index in [1.807, 2.05) is 0 Å². The summed E-state index contributed by atoms with van der Waals surface area (Å²) >= 11 is 0. The Balaban J connectivity index is 2.00. The van der Waals surface area contributed by atoms with E-state index in [1.54, 1.807) is 49.4 Å². The molecule has 0 aliphatic carbocycles. The lowest BCUT2D eigenvalue weighted by molar-refractivity contribution is -0.385. The van der Waals surface area contributed by atoms with Crippen molar-refractivity contribution in [3.05, 3.63) is 69.8 Å². The van der Waals surface area contributed by atoms with E-state index in [0.717, 1.165) is 5.69 Å². The molecule has 0 saturated carbocycles. The molecular formula is C17H19N3O4. The van der Waals surface area contributed by atoms with Gasteiger partial charge in [-0.05, 0) is 31.2 Å². The predicted molar refractivity (Wildman–Crippen MR) is 90.9 cm³/mol. The molecule has 2 aromatic rings. The average Bonchev–Trinajstić information content (AvgIpc) is 2.60. The number of anilines is 1. The van der Waals surface area contributed by atoms with Crippen molar-refractivity contribution in [3.63, 3.8) is 0 Å². The Hall–Kier alpha value is -2.93. The van der Waals surface area contributed by atoms with Gasteiger partial charge in [0.1, 0.15) is 0 Å². The molecule has 24 heavy (non-hydrogen) atoms. The molecule has 2 rings (SSSR count). The Labute approximate surface area is 139 Å². The molecule has 7 heteroatoms. The summed E-state index contributed by atoms with van der Waals surface area (Å²) in [6.45, 7) is 1.89. The van der Waals surface area contributed by atoms with Gasteiger partial charge in [0.2, 0.25) is 0 Å². The largest absolute Gasteiger partial charge is 0.394 e. The quantitative estimate of drug-likeness (QED) is 0.534. The number of aliphatic hydroxyl groups excluding tert-OH is 1. The van der Waals surface area contributed by atoms with Crippen LogP contribution in [0.5, 0.6) is 0 Å². The van der Waals surface area contributed by atoms with Crippen LogP contribution in [0.1, 0.15) is 22.8 Å². The number of hydrogen-bond donors (Lipinski definition) is 3. The van der Waals surface area contributed by atoms with Crippen molar-refractivity contribution in [3.8, 4) is 0 Å². The minimum atomic E-state index is -0.410. The maximum atomic E-state index is 11.9. The van der Waals surface area contributed by atoms with Gasteiger partial charge in [0, 0.05) is 35.5 Å². The van der Waals surface area contributed by atoms with Crippen LogP contribution < -0.4 is 10.6 Å². The summed E-state index contributed by atoms with van der Waals surface area (Å²) in [6.07, 6.45) is 0. The summed E-state index contributed by atoms with van der Waals surface area (Å²) < 4.78 is 0. The number of hydrogen-bond acceptors (Lipinski definition) is 5.